The molecule has 0 aromatic heterocycles. The largest absolute Gasteiger partial charge is 0.368 e. The van der Waals surface area contributed by atoms with Crippen LogP contribution < -0.4 is 5.32 Å². The number of piperazine rings is 1. The van der Waals surface area contributed by atoms with E-state index in [1.54, 1.807) is 0 Å². The third-order valence-corrected chi connectivity index (χ3v) is 4.83. The lowest BCUT2D eigenvalue weighted by molar-refractivity contribution is -0.142. The van der Waals surface area contributed by atoms with E-state index in [0.29, 0.717) is 19.7 Å². The predicted octanol–water partition coefficient (Wildman–Crippen LogP) is 2.02. The van der Waals surface area contributed by atoms with E-state index in [9.17, 15) is 4.79 Å². The molecule has 5 nitrogen and oxygen atoms in total. The van der Waals surface area contributed by atoms with E-state index in [1.807, 2.05) is 23.1 Å². The molecular formula is C17H23N3O2S. The summed E-state index contributed by atoms with van der Waals surface area (Å²) >= 11 is 5.51. The molecule has 0 aliphatic carbocycles. The van der Waals surface area contributed by atoms with Crippen molar-refractivity contribution in [3.8, 4) is 0 Å². The van der Waals surface area contributed by atoms with Crippen LogP contribution in [0.5, 0.6) is 0 Å². The number of hydrogen-bond acceptors (Lipinski definition) is 3. The molecule has 2 fully saturated rings. The SMILES string of the molecule is Cc1ccccc1NC(=S)N1CCN(C(=O)[C@@H]2CCCO2)CC1. The van der Waals surface area contributed by atoms with Gasteiger partial charge in [-0.1, -0.05) is 18.2 Å². The molecule has 2 saturated heterocycles. The first kappa shape index (κ1) is 16.2. The maximum atomic E-state index is 12.3. The van der Waals surface area contributed by atoms with E-state index in [0.717, 1.165) is 36.7 Å². The van der Waals surface area contributed by atoms with Crippen molar-refractivity contribution in [2.75, 3.05) is 38.1 Å². The molecule has 0 spiro atoms. The van der Waals surface area contributed by atoms with Crippen LogP contribution in [0, 0.1) is 6.92 Å². The number of aryl methyl sites for hydroxylation is 1. The first-order chi connectivity index (χ1) is 11.1. The number of carbonyl (C=O) groups is 1. The molecule has 0 bridgehead atoms. The van der Waals surface area contributed by atoms with Gasteiger partial charge in [-0.15, -0.1) is 0 Å². The minimum Gasteiger partial charge on any atom is -0.368 e. The van der Waals surface area contributed by atoms with Crippen molar-refractivity contribution in [1.82, 2.24) is 9.80 Å². The van der Waals surface area contributed by atoms with Gasteiger partial charge in [0.1, 0.15) is 6.10 Å². The minimum atomic E-state index is -0.224. The molecule has 1 N–H and O–H groups in total. The summed E-state index contributed by atoms with van der Waals surface area (Å²) in [4.78, 5) is 16.4. The second-order valence-electron chi connectivity index (χ2n) is 6.06. The van der Waals surface area contributed by atoms with Gasteiger partial charge in [0.05, 0.1) is 0 Å². The van der Waals surface area contributed by atoms with Crippen LogP contribution in [-0.4, -0.2) is 59.7 Å². The maximum absolute atomic E-state index is 12.3. The molecule has 3 rings (SSSR count). The number of para-hydroxylation sites is 1. The number of rotatable bonds is 2. The predicted molar refractivity (Wildman–Crippen MR) is 94.5 cm³/mol. The van der Waals surface area contributed by atoms with Gasteiger partial charge < -0.3 is 19.9 Å². The van der Waals surface area contributed by atoms with Gasteiger partial charge in [-0.05, 0) is 43.6 Å². The summed E-state index contributed by atoms with van der Waals surface area (Å²) in [6, 6.07) is 8.09. The van der Waals surface area contributed by atoms with Crippen molar-refractivity contribution in [3.63, 3.8) is 0 Å². The Hall–Kier alpha value is -1.66. The molecule has 0 unspecified atom stereocenters. The van der Waals surface area contributed by atoms with Gasteiger partial charge in [0.25, 0.3) is 5.91 Å². The average Bonchev–Trinajstić information content (AvgIpc) is 3.11. The lowest BCUT2D eigenvalue weighted by Crippen LogP contribution is -2.53. The smallest absolute Gasteiger partial charge is 0.251 e. The fourth-order valence-corrected chi connectivity index (χ4v) is 3.31. The van der Waals surface area contributed by atoms with Crippen molar-refractivity contribution >= 4 is 28.9 Å². The monoisotopic (exact) mass is 333 g/mol. The number of hydrogen-bond donors (Lipinski definition) is 1. The van der Waals surface area contributed by atoms with Crippen molar-refractivity contribution in [1.29, 1.82) is 0 Å². The number of ether oxygens (including phenoxy) is 1. The summed E-state index contributed by atoms with van der Waals surface area (Å²) in [5.41, 5.74) is 2.21. The molecule has 23 heavy (non-hydrogen) atoms. The summed E-state index contributed by atoms with van der Waals surface area (Å²) in [5.74, 6) is 0.139. The number of carbonyl (C=O) groups excluding carboxylic acids is 1. The number of nitrogens with one attached hydrogen (secondary N) is 1. The highest BCUT2D eigenvalue weighted by Gasteiger charge is 2.30. The van der Waals surface area contributed by atoms with Crippen molar-refractivity contribution < 1.29 is 9.53 Å². The van der Waals surface area contributed by atoms with Crippen LogP contribution in [0.25, 0.3) is 0 Å². The third-order valence-electron chi connectivity index (χ3n) is 4.47. The standard InChI is InChI=1S/C17H23N3O2S/c1-13-5-2-3-6-14(13)18-17(23)20-10-8-19(9-11-20)16(21)15-7-4-12-22-15/h2-3,5-6,15H,4,7-12H2,1H3,(H,18,23)/t15-/m0/s1. The quantitative estimate of drug-likeness (QED) is 0.839. The highest BCUT2D eigenvalue weighted by atomic mass is 32.1. The van der Waals surface area contributed by atoms with E-state index in [4.69, 9.17) is 17.0 Å². The Morgan fingerprint density at radius 3 is 2.57 bits per heavy atom. The second kappa shape index (κ2) is 7.27. The van der Waals surface area contributed by atoms with Crippen LogP contribution in [0.2, 0.25) is 0 Å². The van der Waals surface area contributed by atoms with Gasteiger partial charge in [0, 0.05) is 38.5 Å². The molecule has 0 saturated carbocycles. The van der Waals surface area contributed by atoms with E-state index in [2.05, 4.69) is 23.2 Å². The van der Waals surface area contributed by atoms with E-state index < -0.39 is 0 Å². The molecule has 2 heterocycles. The normalized spacial score (nSPS) is 21.3. The molecule has 0 radical (unpaired) electrons. The van der Waals surface area contributed by atoms with Crippen LogP contribution in [0.4, 0.5) is 5.69 Å². The van der Waals surface area contributed by atoms with Gasteiger partial charge in [-0.2, -0.15) is 0 Å². The number of amides is 1. The summed E-state index contributed by atoms with van der Waals surface area (Å²) < 4.78 is 5.49. The molecule has 1 aromatic rings. The zero-order valence-electron chi connectivity index (χ0n) is 13.5. The molecule has 6 heteroatoms. The van der Waals surface area contributed by atoms with Gasteiger partial charge >= 0.3 is 0 Å². The molecule has 124 valence electrons. The highest BCUT2D eigenvalue weighted by molar-refractivity contribution is 7.80. The van der Waals surface area contributed by atoms with Gasteiger partial charge in [0.15, 0.2) is 5.11 Å². The molecule has 1 amide bonds. The van der Waals surface area contributed by atoms with Crippen LogP contribution in [0.15, 0.2) is 24.3 Å². The summed E-state index contributed by atoms with van der Waals surface area (Å²) in [6.45, 7) is 5.69. The van der Waals surface area contributed by atoms with Crippen molar-refractivity contribution in [2.24, 2.45) is 0 Å². The van der Waals surface area contributed by atoms with E-state index in [-0.39, 0.29) is 12.0 Å². The molecular weight excluding hydrogens is 310 g/mol. The fourth-order valence-electron chi connectivity index (χ4n) is 3.01. The Balaban J connectivity index is 1.51. The van der Waals surface area contributed by atoms with Gasteiger partial charge in [-0.3, -0.25) is 4.79 Å². The van der Waals surface area contributed by atoms with Crippen LogP contribution >= 0.6 is 12.2 Å². The minimum absolute atomic E-state index is 0.139. The Labute approximate surface area is 142 Å². The maximum Gasteiger partial charge on any atom is 0.251 e. The van der Waals surface area contributed by atoms with Crippen LogP contribution in [-0.2, 0) is 9.53 Å². The van der Waals surface area contributed by atoms with Gasteiger partial charge in [-0.25, -0.2) is 0 Å². The van der Waals surface area contributed by atoms with E-state index in [1.165, 1.54) is 5.56 Å². The number of thiocarbonyl (C=S) groups is 1. The Kier molecular flexibility index (Phi) is 5.13. The zero-order valence-corrected chi connectivity index (χ0v) is 14.3. The highest BCUT2D eigenvalue weighted by Crippen LogP contribution is 2.17. The molecule has 2 aliphatic heterocycles. The topological polar surface area (TPSA) is 44.8 Å². The molecule has 1 aromatic carbocycles. The number of anilines is 1. The van der Waals surface area contributed by atoms with Crippen LogP contribution in [0.3, 0.4) is 0 Å². The third kappa shape index (κ3) is 3.82. The van der Waals surface area contributed by atoms with Crippen molar-refractivity contribution in [3.05, 3.63) is 29.8 Å². The van der Waals surface area contributed by atoms with Crippen molar-refractivity contribution in [2.45, 2.75) is 25.9 Å². The van der Waals surface area contributed by atoms with Crippen LogP contribution in [0.1, 0.15) is 18.4 Å². The fraction of sp³-hybridized carbons (Fsp3) is 0.529. The molecule has 2 aliphatic rings. The summed E-state index contributed by atoms with van der Waals surface area (Å²) in [7, 11) is 0. The first-order valence-corrected chi connectivity index (χ1v) is 8.58. The average molecular weight is 333 g/mol. The zero-order chi connectivity index (χ0) is 16.2. The lowest BCUT2D eigenvalue weighted by Gasteiger charge is -2.37. The van der Waals surface area contributed by atoms with E-state index >= 15 is 0 Å². The summed E-state index contributed by atoms with van der Waals surface area (Å²) in [5, 5.41) is 4.03. The second-order valence-corrected chi connectivity index (χ2v) is 6.45. The Morgan fingerprint density at radius 1 is 1.22 bits per heavy atom. The lowest BCUT2D eigenvalue weighted by atomic mass is 10.2. The summed E-state index contributed by atoms with van der Waals surface area (Å²) in [6.07, 6.45) is 1.62. The number of benzene rings is 1. The first-order valence-electron chi connectivity index (χ1n) is 8.17. The molecule has 1 atom stereocenters. The Bertz CT molecular complexity index is 579. The number of nitrogens with zero attached hydrogens (tertiary/aromatic N) is 2. The Morgan fingerprint density at radius 2 is 1.91 bits per heavy atom. The van der Waals surface area contributed by atoms with Gasteiger partial charge in [0.2, 0.25) is 0 Å².